The number of hydrogen-bond donors (Lipinski definition) is 0. The minimum Gasteiger partial charge on any atom is -0.361 e. The fourth-order valence-electron chi connectivity index (χ4n) is 4.89. The first kappa shape index (κ1) is 25.9. The summed E-state index contributed by atoms with van der Waals surface area (Å²) in [5.41, 5.74) is 6.42. The van der Waals surface area contributed by atoms with Crippen molar-refractivity contribution in [3.05, 3.63) is 124 Å². The van der Waals surface area contributed by atoms with Gasteiger partial charge in [0.1, 0.15) is 10.5 Å². The van der Waals surface area contributed by atoms with Crippen molar-refractivity contribution in [2.45, 2.75) is 45.3 Å². The molecule has 1 aliphatic carbocycles. The molecular weight excluding hydrogens is 514 g/mol. The summed E-state index contributed by atoms with van der Waals surface area (Å²) < 4.78 is 1.85. The van der Waals surface area contributed by atoms with Gasteiger partial charge in [-0.15, -0.1) is 11.3 Å². The van der Waals surface area contributed by atoms with E-state index in [4.69, 9.17) is 9.97 Å². The Morgan fingerprint density at radius 3 is 2.30 bits per heavy atom. The number of anilines is 1. The molecule has 0 aliphatic heterocycles. The molecule has 3 heterocycles. The van der Waals surface area contributed by atoms with Crippen molar-refractivity contribution < 1.29 is 0 Å². The van der Waals surface area contributed by atoms with Crippen molar-refractivity contribution in [3.8, 4) is 10.7 Å². The standard InChI is InChI=1S/C33H31N5OS/c1-3-4-11-23(2)27-20-28(37(21-24-12-7-5-8-13-24)22-25-14-9-6-10-15-25)29-31(35-27)38(26-16-17-26)33(39)30(36-29)32-34-18-19-40-32/h4-15,18-20,26H,2-3,16-17,21-22H2,1H3. The maximum Gasteiger partial charge on any atom is 0.281 e. The summed E-state index contributed by atoms with van der Waals surface area (Å²) in [7, 11) is 0. The lowest BCUT2D eigenvalue weighted by molar-refractivity contribution is 0.723. The van der Waals surface area contributed by atoms with Gasteiger partial charge >= 0.3 is 0 Å². The summed E-state index contributed by atoms with van der Waals surface area (Å²) in [6.45, 7) is 7.76. The molecule has 40 heavy (non-hydrogen) atoms. The van der Waals surface area contributed by atoms with Crippen LogP contribution in [0.1, 0.15) is 49.0 Å². The molecule has 1 fully saturated rings. The van der Waals surface area contributed by atoms with Gasteiger partial charge in [-0.05, 0) is 42.0 Å². The van der Waals surface area contributed by atoms with Crippen molar-refractivity contribution in [2.24, 2.45) is 0 Å². The number of rotatable bonds is 10. The van der Waals surface area contributed by atoms with E-state index in [1.165, 1.54) is 22.5 Å². The third-order valence-corrected chi connectivity index (χ3v) is 7.81. The molecule has 1 aliphatic rings. The Labute approximate surface area is 238 Å². The van der Waals surface area contributed by atoms with E-state index in [1.54, 1.807) is 6.20 Å². The van der Waals surface area contributed by atoms with Crippen LogP contribution < -0.4 is 10.5 Å². The van der Waals surface area contributed by atoms with E-state index in [-0.39, 0.29) is 11.6 Å². The molecule has 0 unspecified atom stereocenters. The summed E-state index contributed by atoms with van der Waals surface area (Å²) >= 11 is 1.43. The van der Waals surface area contributed by atoms with Crippen LogP contribution in [0.4, 0.5) is 5.69 Å². The van der Waals surface area contributed by atoms with Crippen molar-refractivity contribution in [3.63, 3.8) is 0 Å². The van der Waals surface area contributed by atoms with Gasteiger partial charge in [-0.3, -0.25) is 9.36 Å². The number of nitrogens with zero attached hydrogens (tertiary/aromatic N) is 5. The molecular formula is C33H31N5OS. The Morgan fingerprint density at radius 2 is 1.73 bits per heavy atom. The number of pyridine rings is 1. The second-order valence-corrected chi connectivity index (χ2v) is 11.0. The molecule has 0 atom stereocenters. The Bertz CT molecular complexity index is 1680. The Hall–Kier alpha value is -4.36. The average molecular weight is 546 g/mol. The van der Waals surface area contributed by atoms with Crippen molar-refractivity contribution >= 4 is 33.8 Å². The highest BCUT2D eigenvalue weighted by Gasteiger charge is 2.31. The summed E-state index contributed by atoms with van der Waals surface area (Å²) in [5.74, 6) is 0. The van der Waals surface area contributed by atoms with Crippen LogP contribution in [0.2, 0.25) is 0 Å². The van der Waals surface area contributed by atoms with Crippen LogP contribution in [0.15, 0.2) is 102 Å². The zero-order valence-corrected chi connectivity index (χ0v) is 23.3. The van der Waals surface area contributed by atoms with E-state index in [2.05, 4.69) is 84.1 Å². The second kappa shape index (κ2) is 11.4. The molecule has 0 N–H and O–H groups in total. The summed E-state index contributed by atoms with van der Waals surface area (Å²) in [4.78, 5) is 30.7. The molecule has 200 valence electrons. The van der Waals surface area contributed by atoms with Gasteiger partial charge in [0.15, 0.2) is 11.3 Å². The van der Waals surface area contributed by atoms with Gasteiger partial charge in [-0.1, -0.05) is 86.3 Å². The predicted octanol–water partition coefficient (Wildman–Crippen LogP) is 7.44. The third kappa shape index (κ3) is 5.38. The van der Waals surface area contributed by atoms with Crippen LogP contribution >= 0.6 is 11.3 Å². The number of allylic oxidation sites excluding steroid dienone is 3. The third-order valence-electron chi connectivity index (χ3n) is 7.03. The first-order valence-electron chi connectivity index (χ1n) is 13.7. The summed E-state index contributed by atoms with van der Waals surface area (Å²) in [6.07, 6.45) is 8.61. The number of benzene rings is 2. The molecule has 2 aromatic carbocycles. The van der Waals surface area contributed by atoms with Crippen LogP contribution in [0.3, 0.4) is 0 Å². The zero-order valence-electron chi connectivity index (χ0n) is 22.5. The fraction of sp³-hybridized carbons (Fsp3) is 0.212. The quantitative estimate of drug-likeness (QED) is 0.171. The lowest BCUT2D eigenvalue weighted by Crippen LogP contribution is -2.27. The molecule has 3 aromatic heterocycles. The van der Waals surface area contributed by atoms with Gasteiger partial charge < -0.3 is 4.90 Å². The number of hydrogen-bond acceptors (Lipinski definition) is 6. The van der Waals surface area contributed by atoms with Crippen molar-refractivity contribution in [1.29, 1.82) is 0 Å². The van der Waals surface area contributed by atoms with E-state index in [9.17, 15) is 4.79 Å². The van der Waals surface area contributed by atoms with E-state index in [0.717, 1.165) is 36.2 Å². The van der Waals surface area contributed by atoms with Gasteiger partial charge in [0.05, 0.1) is 11.4 Å². The molecule has 0 amide bonds. The van der Waals surface area contributed by atoms with E-state index in [0.29, 0.717) is 35.0 Å². The number of fused-ring (bicyclic) bond motifs is 1. The molecule has 7 heteroatoms. The van der Waals surface area contributed by atoms with Crippen molar-refractivity contribution in [1.82, 2.24) is 19.5 Å². The number of thiazole rings is 1. The maximum absolute atomic E-state index is 13.9. The molecule has 1 saturated carbocycles. The lowest BCUT2D eigenvalue weighted by Gasteiger charge is -2.27. The zero-order chi connectivity index (χ0) is 27.5. The highest BCUT2D eigenvalue weighted by molar-refractivity contribution is 7.13. The van der Waals surface area contributed by atoms with Crippen molar-refractivity contribution in [2.75, 3.05) is 4.90 Å². The largest absolute Gasteiger partial charge is 0.361 e. The van der Waals surface area contributed by atoms with Crippen LogP contribution in [-0.2, 0) is 13.1 Å². The topological polar surface area (TPSA) is 63.9 Å². The van der Waals surface area contributed by atoms with Gasteiger partial charge in [-0.25, -0.2) is 15.0 Å². The van der Waals surface area contributed by atoms with E-state index < -0.39 is 0 Å². The molecule has 0 radical (unpaired) electrons. The lowest BCUT2D eigenvalue weighted by atomic mass is 10.1. The molecule has 0 bridgehead atoms. The minimum absolute atomic E-state index is 0.114. The van der Waals surface area contributed by atoms with Crippen LogP contribution in [0.25, 0.3) is 27.4 Å². The smallest absolute Gasteiger partial charge is 0.281 e. The molecule has 6 rings (SSSR count). The monoisotopic (exact) mass is 545 g/mol. The Balaban J connectivity index is 1.62. The van der Waals surface area contributed by atoms with Crippen LogP contribution in [-0.4, -0.2) is 19.5 Å². The summed E-state index contributed by atoms with van der Waals surface area (Å²) in [6, 6.07) is 23.1. The van der Waals surface area contributed by atoms with E-state index >= 15 is 0 Å². The number of aromatic nitrogens is 4. The highest BCUT2D eigenvalue weighted by atomic mass is 32.1. The first-order chi connectivity index (χ1) is 19.6. The van der Waals surface area contributed by atoms with Gasteiger partial charge in [-0.2, -0.15) is 0 Å². The minimum atomic E-state index is -0.132. The fourth-order valence-corrected chi connectivity index (χ4v) is 5.51. The normalized spacial score (nSPS) is 13.2. The molecule has 0 saturated heterocycles. The van der Waals surface area contributed by atoms with Gasteiger partial charge in [0.2, 0.25) is 0 Å². The van der Waals surface area contributed by atoms with Crippen LogP contribution in [0, 0.1) is 0 Å². The summed E-state index contributed by atoms with van der Waals surface area (Å²) in [5, 5.41) is 2.51. The van der Waals surface area contributed by atoms with Gasteiger partial charge in [0, 0.05) is 30.7 Å². The molecule has 5 aromatic rings. The van der Waals surface area contributed by atoms with Gasteiger partial charge in [0.25, 0.3) is 5.56 Å². The maximum atomic E-state index is 13.9. The first-order valence-corrected chi connectivity index (χ1v) is 14.6. The second-order valence-electron chi connectivity index (χ2n) is 10.1. The van der Waals surface area contributed by atoms with Crippen LogP contribution in [0.5, 0.6) is 0 Å². The Kier molecular flexibility index (Phi) is 7.38. The predicted molar refractivity (Wildman–Crippen MR) is 164 cm³/mol. The molecule has 0 spiro atoms. The average Bonchev–Trinajstić information content (AvgIpc) is 3.67. The SMILES string of the molecule is C=C(C=CCC)c1cc(N(Cc2ccccc2)Cc2ccccc2)c2nc(-c3nccs3)c(=O)n(C3CC3)c2n1. The van der Waals surface area contributed by atoms with E-state index in [1.807, 2.05) is 28.2 Å². The highest BCUT2D eigenvalue weighted by Crippen LogP contribution is 2.38. The Morgan fingerprint density at radius 1 is 1.05 bits per heavy atom. The molecule has 6 nitrogen and oxygen atoms in total.